The standard InChI is InChI=1S/C9H16N2OS/c1-10-8(13)11-5-2-6-12-7-9(11)3-4-9/h2-7H2,1H3,(H,10,13). The topological polar surface area (TPSA) is 24.5 Å². The Morgan fingerprint density at radius 3 is 2.92 bits per heavy atom. The predicted octanol–water partition coefficient (Wildman–Crippen LogP) is 0.746. The maximum absolute atomic E-state index is 5.57. The number of nitrogens with zero attached hydrogens (tertiary/aromatic N) is 1. The van der Waals surface area contributed by atoms with E-state index >= 15 is 0 Å². The summed E-state index contributed by atoms with van der Waals surface area (Å²) in [5, 5.41) is 3.94. The Morgan fingerprint density at radius 2 is 2.31 bits per heavy atom. The van der Waals surface area contributed by atoms with Crippen molar-refractivity contribution in [3.05, 3.63) is 0 Å². The Bertz CT molecular complexity index is 216. The van der Waals surface area contributed by atoms with E-state index in [1.165, 1.54) is 12.8 Å². The van der Waals surface area contributed by atoms with Crippen molar-refractivity contribution >= 4 is 17.3 Å². The van der Waals surface area contributed by atoms with Crippen LogP contribution in [0.25, 0.3) is 0 Å². The molecule has 0 radical (unpaired) electrons. The molecular formula is C9H16N2OS. The largest absolute Gasteiger partial charge is 0.379 e. The van der Waals surface area contributed by atoms with Crippen LogP contribution in [0.2, 0.25) is 0 Å². The molecule has 0 aromatic carbocycles. The van der Waals surface area contributed by atoms with Crippen molar-refractivity contribution in [2.45, 2.75) is 24.8 Å². The Kier molecular flexibility index (Phi) is 2.43. The van der Waals surface area contributed by atoms with Crippen LogP contribution in [0.4, 0.5) is 0 Å². The molecule has 0 unspecified atom stereocenters. The van der Waals surface area contributed by atoms with Crippen LogP contribution in [0.15, 0.2) is 0 Å². The molecule has 1 saturated carbocycles. The van der Waals surface area contributed by atoms with Crippen molar-refractivity contribution in [2.75, 3.05) is 26.8 Å². The normalized spacial score (nSPS) is 25.5. The molecule has 1 heterocycles. The van der Waals surface area contributed by atoms with Gasteiger partial charge in [-0.15, -0.1) is 0 Å². The lowest BCUT2D eigenvalue weighted by Crippen LogP contribution is -2.47. The molecule has 3 nitrogen and oxygen atoms in total. The van der Waals surface area contributed by atoms with Gasteiger partial charge >= 0.3 is 0 Å². The second kappa shape index (κ2) is 3.42. The average Bonchev–Trinajstić information content (AvgIpc) is 2.94. The van der Waals surface area contributed by atoms with Gasteiger partial charge in [-0.1, -0.05) is 0 Å². The van der Waals surface area contributed by atoms with E-state index < -0.39 is 0 Å². The summed E-state index contributed by atoms with van der Waals surface area (Å²) in [7, 11) is 1.89. The molecule has 1 spiro atoms. The molecule has 1 saturated heterocycles. The van der Waals surface area contributed by atoms with E-state index in [1.54, 1.807) is 0 Å². The van der Waals surface area contributed by atoms with Crippen molar-refractivity contribution in [3.8, 4) is 0 Å². The van der Waals surface area contributed by atoms with Gasteiger partial charge in [-0.05, 0) is 31.5 Å². The van der Waals surface area contributed by atoms with Crippen LogP contribution in [0.1, 0.15) is 19.3 Å². The first kappa shape index (κ1) is 9.21. The highest BCUT2D eigenvalue weighted by molar-refractivity contribution is 7.80. The van der Waals surface area contributed by atoms with E-state index in [2.05, 4.69) is 10.2 Å². The van der Waals surface area contributed by atoms with Crippen LogP contribution in [-0.4, -0.2) is 42.4 Å². The minimum absolute atomic E-state index is 0.261. The number of ether oxygens (including phenoxy) is 1. The second-order valence-electron chi connectivity index (χ2n) is 3.84. The van der Waals surface area contributed by atoms with Crippen molar-refractivity contribution in [1.29, 1.82) is 0 Å². The zero-order valence-corrected chi connectivity index (χ0v) is 8.82. The van der Waals surface area contributed by atoms with E-state index in [-0.39, 0.29) is 5.54 Å². The molecule has 0 bridgehead atoms. The highest BCUT2D eigenvalue weighted by Gasteiger charge is 2.49. The lowest BCUT2D eigenvalue weighted by molar-refractivity contribution is 0.109. The van der Waals surface area contributed by atoms with E-state index in [4.69, 9.17) is 17.0 Å². The maximum atomic E-state index is 5.57. The molecule has 0 amide bonds. The third-order valence-corrected chi connectivity index (χ3v) is 3.32. The summed E-state index contributed by atoms with van der Waals surface area (Å²) in [4.78, 5) is 2.31. The number of rotatable bonds is 0. The Morgan fingerprint density at radius 1 is 1.54 bits per heavy atom. The van der Waals surface area contributed by atoms with Crippen LogP contribution in [0.5, 0.6) is 0 Å². The van der Waals surface area contributed by atoms with Crippen molar-refractivity contribution in [1.82, 2.24) is 10.2 Å². The molecule has 0 aromatic heterocycles. The summed E-state index contributed by atoms with van der Waals surface area (Å²) >= 11 is 5.28. The molecule has 0 atom stereocenters. The molecule has 2 rings (SSSR count). The fraction of sp³-hybridized carbons (Fsp3) is 0.889. The lowest BCUT2D eigenvalue weighted by Gasteiger charge is -2.31. The molecule has 13 heavy (non-hydrogen) atoms. The Balaban J connectivity index is 2.08. The highest BCUT2D eigenvalue weighted by Crippen LogP contribution is 2.43. The van der Waals surface area contributed by atoms with Crippen LogP contribution >= 0.6 is 12.2 Å². The van der Waals surface area contributed by atoms with Crippen molar-refractivity contribution in [3.63, 3.8) is 0 Å². The molecule has 4 heteroatoms. The van der Waals surface area contributed by atoms with Crippen LogP contribution in [-0.2, 0) is 4.74 Å². The predicted molar refractivity (Wildman–Crippen MR) is 55.8 cm³/mol. The van der Waals surface area contributed by atoms with E-state index in [9.17, 15) is 0 Å². The Labute approximate surface area is 84.4 Å². The van der Waals surface area contributed by atoms with Crippen LogP contribution in [0, 0.1) is 0 Å². The lowest BCUT2D eigenvalue weighted by atomic mass is 10.2. The first-order valence-electron chi connectivity index (χ1n) is 4.86. The van der Waals surface area contributed by atoms with Crippen LogP contribution in [0.3, 0.4) is 0 Å². The van der Waals surface area contributed by atoms with Gasteiger partial charge in [0.1, 0.15) is 0 Å². The summed E-state index contributed by atoms with van der Waals surface area (Å²) in [5.74, 6) is 0. The summed E-state index contributed by atoms with van der Waals surface area (Å²) < 4.78 is 5.57. The van der Waals surface area contributed by atoms with Gasteiger partial charge in [0, 0.05) is 20.2 Å². The van der Waals surface area contributed by atoms with Crippen molar-refractivity contribution in [2.24, 2.45) is 0 Å². The van der Waals surface area contributed by atoms with Gasteiger partial charge in [0.05, 0.1) is 12.1 Å². The van der Waals surface area contributed by atoms with Gasteiger partial charge in [-0.3, -0.25) is 0 Å². The molecule has 2 fully saturated rings. The van der Waals surface area contributed by atoms with Gasteiger partial charge < -0.3 is 15.0 Å². The first-order valence-corrected chi connectivity index (χ1v) is 5.26. The van der Waals surface area contributed by atoms with E-state index in [0.29, 0.717) is 0 Å². The molecular weight excluding hydrogens is 184 g/mol. The molecule has 2 aliphatic rings. The van der Waals surface area contributed by atoms with Gasteiger partial charge in [-0.25, -0.2) is 0 Å². The number of thiocarbonyl (C=S) groups is 1. The highest BCUT2D eigenvalue weighted by atomic mass is 32.1. The number of hydrogen-bond donors (Lipinski definition) is 1. The minimum atomic E-state index is 0.261. The van der Waals surface area contributed by atoms with Crippen molar-refractivity contribution < 1.29 is 4.74 Å². The quantitative estimate of drug-likeness (QED) is 0.583. The number of hydrogen-bond acceptors (Lipinski definition) is 2. The van der Waals surface area contributed by atoms with Gasteiger partial charge in [-0.2, -0.15) is 0 Å². The van der Waals surface area contributed by atoms with E-state index in [0.717, 1.165) is 31.3 Å². The Hall–Kier alpha value is -0.350. The molecule has 1 aliphatic heterocycles. The molecule has 1 aliphatic carbocycles. The molecule has 1 N–H and O–H groups in total. The summed E-state index contributed by atoms with van der Waals surface area (Å²) in [6.07, 6.45) is 3.55. The van der Waals surface area contributed by atoms with E-state index in [1.807, 2.05) is 7.05 Å². The van der Waals surface area contributed by atoms with Gasteiger partial charge in [0.25, 0.3) is 0 Å². The maximum Gasteiger partial charge on any atom is 0.169 e. The summed E-state index contributed by atoms with van der Waals surface area (Å²) in [5.41, 5.74) is 0.261. The third kappa shape index (κ3) is 1.65. The average molecular weight is 200 g/mol. The fourth-order valence-electron chi connectivity index (χ4n) is 1.91. The second-order valence-corrected chi connectivity index (χ2v) is 4.22. The van der Waals surface area contributed by atoms with Gasteiger partial charge in [0.15, 0.2) is 5.11 Å². The smallest absolute Gasteiger partial charge is 0.169 e. The molecule has 74 valence electrons. The first-order chi connectivity index (χ1) is 6.28. The molecule has 0 aromatic rings. The summed E-state index contributed by atoms with van der Waals surface area (Å²) in [6.45, 7) is 2.78. The zero-order valence-electron chi connectivity index (χ0n) is 8.01. The number of nitrogens with one attached hydrogen (secondary N) is 1. The minimum Gasteiger partial charge on any atom is -0.379 e. The third-order valence-electron chi connectivity index (χ3n) is 2.90. The zero-order chi connectivity index (χ0) is 9.31. The van der Waals surface area contributed by atoms with Gasteiger partial charge in [0.2, 0.25) is 0 Å². The van der Waals surface area contributed by atoms with Crippen LogP contribution < -0.4 is 5.32 Å². The summed E-state index contributed by atoms with van der Waals surface area (Å²) in [6, 6.07) is 0. The monoisotopic (exact) mass is 200 g/mol. The SMILES string of the molecule is CNC(=S)N1CCCOCC12CC2. The fourth-order valence-corrected chi connectivity index (χ4v) is 2.20.